The maximum absolute atomic E-state index is 13.5. The molecular formula is C13H18FN3O2. The van der Waals surface area contributed by atoms with E-state index in [9.17, 15) is 14.0 Å². The first-order valence-electron chi connectivity index (χ1n) is 6.10. The van der Waals surface area contributed by atoms with Crippen molar-refractivity contribution in [3.05, 3.63) is 24.0 Å². The third-order valence-corrected chi connectivity index (χ3v) is 2.42. The first-order valence-corrected chi connectivity index (χ1v) is 6.10. The topological polar surface area (TPSA) is 84.2 Å². The monoisotopic (exact) mass is 267 g/mol. The molecule has 1 rings (SSSR count). The summed E-state index contributed by atoms with van der Waals surface area (Å²) in [5.74, 6) is -1.07. The Balaban J connectivity index is 2.65. The van der Waals surface area contributed by atoms with Crippen LogP contribution in [0.3, 0.4) is 0 Å². The maximum atomic E-state index is 13.5. The Labute approximate surface area is 111 Å². The van der Waals surface area contributed by atoms with Crippen LogP contribution in [0.4, 0.5) is 15.8 Å². The average Bonchev–Trinajstić information content (AvgIpc) is 2.33. The predicted molar refractivity (Wildman–Crippen MR) is 72.2 cm³/mol. The molecule has 6 heteroatoms. The molecule has 0 aliphatic heterocycles. The van der Waals surface area contributed by atoms with Gasteiger partial charge in [0.2, 0.25) is 11.8 Å². The summed E-state index contributed by atoms with van der Waals surface area (Å²) in [5, 5.41) is 5.00. The molecule has 1 aromatic carbocycles. The number of anilines is 2. The van der Waals surface area contributed by atoms with Crippen molar-refractivity contribution in [2.45, 2.75) is 26.2 Å². The second-order valence-electron chi connectivity index (χ2n) is 4.17. The molecule has 0 spiro atoms. The molecule has 0 aliphatic carbocycles. The number of hydrogen-bond donors (Lipinski definition) is 3. The molecule has 0 radical (unpaired) electrons. The molecule has 0 fully saturated rings. The number of unbranched alkanes of at least 4 members (excludes halogenated alkanes) is 1. The lowest BCUT2D eigenvalue weighted by atomic mass is 10.2. The van der Waals surface area contributed by atoms with E-state index in [-0.39, 0.29) is 17.5 Å². The number of amides is 2. The van der Waals surface area contributed by atoms with Crippen LogP contribution in [0.15, 0.2) is 18.2 Å². The van der Waals surface area contributed by atoms with Crippen molar-refractivity contribution < 1.29 is 14.0 Å². The van der Waals surface area contributed by atoms with Crippen molar-refractivity contribution in [3.8, 4) is 0 Å². The standard InChI is InChI=1S/C13H18FN3O2/c1-9(18)16-10-5-6-11(14)12(8-10)17-13(19)4-2-3-7-15/h5-6,8H,2-4,7,15H2,1H3,(H,16,18)(H,17,19). The Bertz CT molecular complexity index is 463. The van der Waals surface area contributed by atoms with Gasteiger partial charge in [-0.3, -0.25) is 9.59 Å². The van der Waals surface area contributed by atoms with Crippen LogP contribution in [0.5, 0.6) is 0 Å². The van der Waals surface area contributed by atoms with Crippen LogP contribution < -0.4 is 16.4 Å². The molecule has 5 nitrogen and oxygen atoms in total. The minimum absolute atomic E-state index is 0.0593. The predicted octanol–water partition coefficient (Wildman–Crippen LogP) is 1.85. The van der Waals surface area contributed by atoms with E-state index in [4.69, 9.17) is 5.73 Å². The van der Waals surface area contributed by atoms with Crippen LogP contribution in [0, 0.1) is 5.82 Å². The second kappa shape index (κ2) is 7.48. The summed E-state index contributed by atoms with van der Waals surface area (Å²) < 4.78 is 13.5. The van der Waals surface area contributed by atoms with E-state index in [1.165, 1.54) is 25.1 Å². The Morgan fingerprint density at radius 2 is 2.00 bits per heavy atom. The first-order chi connectivity index (χ1) is 9.02. The molecule has 19 heavy (non-hydrogen) atoms. The third-order valence-electron chi connectivity index (χ3n) is 2.42. The molecule has 0 aliphatic rings. The molecule has 0 atom stereocenters. The fourth-order valence-corrected chi connectivity index (χ4v) is 1.54. The minimum Gasteiger partial charge on any atom is -0.330 e. The minimum atomic E-state index is -0.540. The van der Waals surface area contributed by atoms with E-state index in [2.05, 4.69) is 10.6 Å². The van der Waals surface area contributed by atoms with Crippen molar-refractivity contribution >= 4 is 23.2 Å². The van der Waals surface area contributed by atoms with Crippen LogP contribution in [-0.4, -0.2) is 18.4 Å². The molecule has 0 bridgehead atoms. The van der Waals surface area contributed by atoms with E-state index < -0.39 is 5.82 Å². The molecule has 0 heterocycles. The molecule has 0 aromatic heterocycles. The van der Waals surface area contributed by atoms with Gasteiger partial charge in [0.05, 0.1) is 5.69 Å². The van der Waals surface area contributed by atoms with Gasteiger partial charge in [-0.05, 0) is 37.6 Å². The smallest absolute Gasteiger partial charge is 0.224 e. The van der Waals surface area contributed by atoms with Gasteiger partial charge >= 0.3 is 0 Å². The lowest BCUT2D eigenvalue weighted by molar-refractivity contribution is -0.116. The highest BCUT2D eigenvalue weighted by Gasteiger charge is 2.08. The van der Waals surface area contributed by atoms with Crippen molar-refractivity contribution in [2.75, 3.05) is 17.2 Å². The third kappa shape index (κ3) is 5.48. The quantitative estimate of drug-likeness (QED) is 0.688. The van der Waals surface area contributed by atoms with Gasteiger partial charge in [0.1, 0.15) is 5.82 Å². The molecule has 4 N–H and O–H groups in total. The van der Waals surface area contributed by atoms with Gasteiger partial charge in [-0.2, -0.15) is 0 Å². The van der Waals surface area contributed by atoms with Crippen molar-refractivity contribution in [1.29, 1.82) is 0 Å². The number of carbonyl (C=O) groups excluding carboxylic acids is 2. The highest BCUT2D eigenvalue weighted by atomic mass is 19.1. The zero-order valence-corrected chi connectivity index (χ0v) is 10.8. The SMILES string of the molecule is CC(=O)Nc1ccc(F)c(NC(=O)CCCCN)c1. The lowest BCUT2D eigenvalue weighted by Gasteiger charge is -2.09. The molecule has 0 unspecified atom stereocenters. The Morgan fingerprint density at radius 1 is 1.26 bits per heavy atom. The Hall–Kier alpha value is -1.95. The van der Waals surface area contributed by atoms with Crippen LogP contribution in [-0.2, 0) is 9.59 Å². The van der Waals surface area contributed by atoms with Gasteiger partial charge in [-0.15, -0.1) is 0 Å². The molecule has 2 amide bonds. The molecule has 1 aromatic rings. The normalized spacial score (nSPS) is 10.1. The van der Waals surface area contributed by atoms with Crippen LogP contribution in [0.2, 0.25) is 0 Å². The Kier molecular flexibility index (Phi) is 5.95. The van der Waals surface area contributed by atoms with Crippen molar-refractivity contribution in [2.24, 2.45) is 5.73 Å². The number of hydrogen-bond acceptors (Lipinski definition) is 3. The van der Waals surface area contributed by atoms with E-state index >= 15 is 0 Å². The van der Waals surface area contributed by atoms with Gasteiger partial charge in [-0.25, -0.2) is 4.39 Å². The van der Waals surface area contributed by atoms with Crippen LogP contribution >= 0.6 is 0 Å². The van der Waals surface area contributed by atoms with Crippen LogP contribution in [0.1, 0.15) is 26.2 Å². The number of carbonyl (C=O) groups is 2. The highest BCUT2D eigenvalue weighted by Crippen LogP contribution is 2.20. The Morgan fingerprint density at radius 3 is 2.63 bits per heavy atom. The summed E-state index contributed by atoms with van der Waals surface area (Å²) in [7, 11) is 0. The molecule has 0 saturated carbocycles. The molecular weight excluding hydrogens is 249 g/mol. The van der Waals surface area contributed by atoms with Gasteiger partial charge in [0.15, 0.2) is 0 Å². The fraction of sp³-hybridized carbons (Fsp3) is 0.385. The largest absolute Gasteiger partial charge is 0.330 e. The summed E-state index contributed by atoms with van der Waals surface area (Å²) in [6, 6.07) is 4.01. The second-order valence-corrected chi connectivity index (χ2v) is 4.17. The fourth-order valence-electron chi connectivity index (χ4n) is 1.54. The zero-order valence-electron chi connectivity index (χ0n) is 10.8. The molecule has 104 valence electrons. The van der Waals surface area contributed by atoms with Gasteiger partial charge in [0, 0.05) is 19.0 Å². The highest BCUT2D eigenvalue weighted by molar-refractivity contribution is 5.93. The van der Waals surface area contributed by atoms with Gasteiger partial charge in [-0.1, -0.05) is 0 Å². The first kappa shape index (κ1) is 15.1. The summed E-state index contributed by atoms with van der Waals surface area (Å²) in [4.78, 5) is 22.5. The number of rotatable bonds is 6. The van der Waals surface area contributed by atoms with E-state index in [1.54, 1.807) is 0 Å². The average molecular weight is 267 g/mol. The number of nitrogens with two attached hydrogens (primary N) is 1. The number of nitrogens with one attached hydrogen (secondary N) is 2. The lowest BCUT2D eigenvalue weighted by Crippen LogP contribution is -2.14. The van der Waals surface area contributed by atoms with Crippen LogP contribution in [0.25, 0.3) is 0 Å². The summed E-state index contributed by atoms with van der Waals surface area (Å²) >= 11 is 0. The summed E-state index contributed by atoms with van der Waals surface area (Å²) in [5.41, 5.74) is 5.82. The van der Waals surface area contributed by atoms with Gasteiger partial charge in [0.25, 0.3) is 0 Å². The maximum Gasteiger partial charge on any atom is 0.224 e. The number of halogens is 1. The van der Waals surface area contributed by atoms with Crippen molar-refractivity contribution in [1.82, 2.24) is 0 Å². The summed E-state index contributed by atoms with van der Waals surface area (Å²) in [6.45, 7) is 1.88. The van der Waals surface area contributed by atoms with Gasteiger partial charge < -0.3 is 16.4 Å². The summed E-state index contributed by atoms with van der Waals surface area (Å²) in [6.07, 6.45) is 1.71. The zero-order chi connectivity index (χ0) is 14.3. The van der Waals surface area contributed by atoms with E-state index in [0.717, 1.165) is 6.42 Å². The van der Waals surface area contributed by atoms with Crippen molar-refractivity contribution in [3.63, 3.8) is 0 Å². The molecule has 0 saturated heterocycles. The number of benzene rings is 1. The van der Waals surface area contributed by atoms with E-state index in [1.807, 2.05) is 0 Å². The van der Waals surface area contributed by atoms with E-state index in [0.29, 0.717) is 25.1 Å².